The third-order valence-corrected chi connectivity index (χ3v) is 4.88. The fraction of sp³-hybridized carbons (Fsp3) is 0.643. The van der Waals surface area contributed by atoms with Crippen LogP contribution >= 0.6 is 11.3 Å². The maximum atomic E-state index is 9.56. The van der Waals surface area contributed by atoms with E-state index in [-0.39, 0.29) is 6.04 Å². The lowest BCUT2D eigenvalue weighted by molar-refractivity contribution is 0.0684. The molecule has 1 fully saturated rings. The lowest BCUT2D eigenvalue weighted by atomic mass is 10.0. The summed E-state index contributed by atoms with van der Waals surface area (Å²) in [4.78, 5) is 5.97. The summed E-state index contributed by atoms with van der Waals surface area (Å²) in [5.41, 5.74) is 1.25. The Labute approximate surface area is 114 Å². The molecule has 1 saturated heterocycles. The Bertz CT molecular complexity index is 434. The third kappa shape index (κ3) is 2.59. The monoisotopic (exact) mass is 263 g/mol. The number of hydrogen-bond acceptors (Lipinski definition) is 4. The van der Waals surface area contributed by atoms with Crippen molar-refractivity contribution >= 4 is 11.3 Å². The molecule has 4 heteroatoms. The van der Waals surface area contributed by atoms with Gasteiger partial charge in [0.1, 0.15) is 6.04 Å². The molecule has 0 aromatic carbocycles. The predicted molar refractivity (Wildman–Crippen MR) is 75.7 cm³/mol. The van der Waals surface area contributed by atoms with E-state index in [1.807, 2.05) is 0 Å². The molecule has 2 unspecified atom stereocenters. The van der Waals surface area contributed by atoms with Crippen molar-refractivity contribution in [1.82, 2.24) is 9.80 Å². The van der Waals surface area contributed by atoms with Crippen molar-refractivity contribution in [2.24, 2.45) is 0 Å². The molecule has 2 heterocycles. The number of rotatable bonds is 3. The fourth-order valence-corrected chi connectivity index (χ4v) is 3.67. The highest BCUT2D eigenvalue weighted by molar-refractivity contribution is 7.10. The highest BCUT2D eigenvalue weighted by Crippen LogP contribution is 2.31. The molecule has 2 rings (SSSR count). The molecular formula is C14H21N3S. The van der Waals surface area contributed by atoms with Gasteiger partial charge in [0.15, 0.2) is 0 Å². The van der Waals surface area contributed by atoms with Gasteiger partial charge < -0.3 is 4.90 Å². The summed E-state index contributed by atoms with van der Waals surface area (Å²) in [6.07, 6.45) is 1.10. The average Bonchev–Trinajstić information content (AvgIpc) is 2.78. The molecule has 0 bridgehead atoms. The molecule has 0 saturated carbocycles. The number of aryl methyl sites for hydroxylation is 1. The van der Waals surface area contributed by atoms with Crippen LogP contribution in [0, 0.1) is 18.3 Å². The van der Waals surface area contributed by atoms with Gasteiger partial charge in [0.25, 0.3) is 0 Å². The van der Waals surface area contributed by atoms with Gasteiger partial charge in [-0.15, -0.1) is 11.3 Å². The van der Waals surface area contributed by atoms with Crippen LogP contribution < -0.4 is 0 Å². The third-order valence-electron chi connectivity index (χ3n) is 3.81. The molecule has 3 nitrogen and oxygen atoms in total. The van der Waals surface area contributed by atoms with E-state index in [4.69, 9.17) is 0 Å². The van der Waals surface area contributed by atoms with Crippen LogP contribution in [-0.2, 0) is 0 Å². The first-order valence-electron chi connectivity index (χ1n) is 6.55. The lowest BCUT2D eigenvalue weighted by Crippen LogP contribution is -2.52. The smallest absolute Gasteiger partial charge is 0.133 e. The van der Waals surface area contributed by atoms with Crippen molar-refractivity contribution < 1.29 is 0 Å². The molecular weight excluding hydrogens is 242 g/mol. The minimum absolute atomic E-state index is 0.0661. The number of thiophene rings is 1. The van der Waals surface area contributed by atoms with Crippen molar-refractivity contribution in [3.63, 3.8) is 0 Å². The Morgan fingerprint density at radius 2 is 2.33 bits per heavy atom. The van der Waals surface area contributed by atoms with Crippen molar-refractivity contribution in [1.29, 1.82) is 5.26 Å². The topological polar surface area (TPSA) is 30.3 Å². The van der Waals surface area contributed by atoms with Crippen LogP contribution in [0.15, 0.2) is 11.4 Å². The minimum Gasteiger partial charge on any atom is -0.304 e. The van der Waals surface area contributed by atoms with E-state index in [2.05, 4.69) is 48.2 Å². The summed E-state index contributed by atoms with van der Waals surface area (Å²) in [5, 5.41) is 11.6. The van der Waals surface area contributed by atoms with Crippen LogP contribution in [0.2, 0.25) is 0 Å². The average molecular weight is 263 g/mol. The van der Waals surface area contributed by atoms with E-state index in [0.29, 0.717) is 6.04 Å². The van der Waals surface area contributed by atoms with Crippen LogP contribution in [0.5, 0.6) is 0 Å². The zero-order valence-electron chi connectivity index (χ0n) is 11.4. The van der Waals surface area contributed by atoms with Crippen LogP contribution in [0.1, 0.15) is 29.8 Å². The molecule has 2 atom stereocenters. The fourth-order valence-electron chi connectivity index (χ4n) is 2.68. The van der Waals surface area contributed by atoms with E-state index in [9.17, 15) is 5.26 Å². The van der Waals surface area contributed by atoms with Crippen molar-refractivity contribution in [2.75, 3.05) is 26.7 Å². The molecule has 0 aliphatic carbocycles. The standard InChI is InChI=1S/C14H21N3S/c1-4-12-10-16(3)6-7-17(12)13(9-15)14-11(2)5-8-18-14/h5,8,12-13H,4,6-7,10H2,1-3H3. The second-order valence-electron chi connectivity index (χ2n) is 5.06. The van der Waals surface area contributed by atoms with E-state index < -0.39 is 0 Å². The summed E-state index contributed by atoms with van der Waals surface area (Å²) in [7, 11) is 2.16. The van der Waals surface area contributed by atoms with Gasteiger partial charge in [-0.25, -0.2) is 0 Å². The summed E-state index contributed by atoms with van der Waals surface area (Å²) in [6, 6.07) is 5.05. The Morgan fingerprint density at radius 3 is 2.89 bits per heavy atom. The Hall–Kier alpha value is -0.890. The highest BCUT2D eigenvalue weighted by Gasteiger charge is 2.31. The first-order chi connectivity index (χ1) is 8.67. The summed E-state index contributed by atoms with van der Waals surface area (Å²) in [5.74, 6) is 0. The van der Waals surface area contributed by atoms with E-state index in [0.717, 1.165) is 26.1 Å². The second kappa shape index (κ2) is 5.83. The van der Waals surface area contributed by atoms with Crippen molar-refractivity contribution in [3.8, 4) is 6.07 Å². The number of likely N-dealkylation sites (N-methyl/N-ethyl adjacent to an activating group) is 1. The summed E-state index contributed by atoms with van der Waals surface area (Å²) in [6.45, 7) is 7.43. The lowest BCUT2D eigenvalue weighted by Gasteiger charge is -2.41. The molecule has 1 aliphatic heterocycles. The maximum Gasteiger partial charge on any atom is 0.133 e. The largest absolute Gasteiger partial charge is 0.304 e. The zero-order chi connectivity index (χ0) is 13.1. The van der Waals surface area contributed by atoms with E-state index >= 15 is 0 Å². The molecule has 0 amide bonds. The number of piperazine rings is 1. The number of nitriles is 1. The van der Waals surface area contributed by atoms with Gasteiger partial charge in [-0.3, -0.25) is 4.90 Å². The Balaban J connectivity index is 2.22. The molecule has 1 aromatic rings. The van der Waals surface area contributed by atoms with Gasteiger partial charge >= 0.3 is 0 Å². The molecule has 1 aliphatic rings. The van der Waals surface area contributed by atoms with Gasteiger partial charge in [-0.05, 0) is 37.4 Å². The molecule has 0 N–H and O–H groups in total. The highest BCUT2D eigenvalue weighted by atomic mass is 32.1. The van der Waals surface area contributed by atoms with E-state index in [1.165, 1.54) is 10.4 Å². The van der Waals surface area contributed by atoms with Crippen LogP contribution in [0.25, 0.3) is 0 Å². The normalized spacial score (nSPS) is 23.8. The molecule has 0 radical (unpaired) electrons. The number of nitrogens with zero attached hydrogens (tertiary/aromatic N) is 3. The van der Waals surface area contributed by atoms with Gasteiger partial charge in [-0.1, -0.05) is 6.92 Å². The van der Waals surface area contributed by atoms with Gasteiger partial charge in [0, 0.05) is 30.6 Å². The SMILES string of the molecule is CCC1CN(C)CCN1C(C#N)c1sccc1C. The second-order valence-corrected chi connectivity index (χ2v) is 6.01. The molecule has 18 heavy (non-hydrogen) atoms. The van der Waals surface area contributed by atoms with Gasteiger partial charge in [0.05, 0.1) is 6.07 Å². The van der Waals surface area contributed by atoms with Gasteiger partial charge in [0.2, 0.25) is 0 Å². The summed E-state index contributed by atoms with van der Waals surface area (Å²) >= 11 is 1.71. The predicted octanol–water partition coefficient (Wildman–Crippen LogP) is 2.65. The maximum absolute atomic E-state index is 9.56. The molecule has 1 aromatic heterocycles. The quantitative estimate of drug-likeness (QED) is 0.840. The Morgan fingerprint density at radius 1 is 1.56 bits per heavy atom. The van der Waals surface area contributed by atoms with Gasteiger partial charge in [-0.2, -0.15) is 5.26 Å². The van der Waals surface area contributed by atoms with Crippen LogP contribution in [0.3, 0.4) is 0 Å². The first-order valence-corrected chi connectivity index (χ1v) is 7.43. The minimum atomic E-state index is -0.0661. The zero-order valence-corrected chi connectivity index (χ0v) is 12.2. The molecule has 98 valence electrons. The molecule has 0 spiro atoms. The van der Waals surface area contributed by atoms with Crippen molar-refractivity contribution in [2.45, 2.75) is 32.4 Å². The van der Waals surface area contributed by atoms with Crippen molar-refractivity contribution in [3.05, 3.63) is 21.9 Å². The van der Waals surface area contributed by atoms with Crippen LogP contribution in [0.4, 0.5) is 0 Å². The van der Waals surface area contributed by atoms with Crippen LogP contribution in [-0.4, -0.2) is 42.5 Å². The number of hydrogen-bond donors (Lipinski definition) is 0. The summed E-state index contributed by atoms with van der Waals surface area (Å²) < 4.78 is 0. The van der Waals surface area contributed by atoms with E-state index in [1.54, 1.807) is 11.3 Å². The Kier molecular flexibility index (Phi) is 4.39. The first kappa shape index (κ1) is 13.5.